The van der Waals surface area contributed by atoms with Gasteiger partial charge in [-0.15, -0.1) is 0 Å². The Morgan fingerprint density at radius 3 is 2.51 bits per heavy atom. The maximum atomic E-state index is 13.6. The average molecular weight is 675 g/mol. The van der Waals surface area contributed by atoms with E-state index in [2.05, 4.69) is 5.32 Å². The number of ether oxygens (including phenoxy) is 3. The van der Waals surface area contributed by atoms with Crippen molar-refractivity contribution in [1.82, 2.24) is 15.1 Å². The van der Waals surface area contributed by atoms with Crippen LogP contribution in [0, 0.1) is 22.0 Å². The number of carbonyl (C=O) groups is 3. The van der Waals surface area contributed by atoms with Gasteiger partial charge in [0.15, 0.2) is 0 Å². The Hall–Kier alpha value is -4.10. The summed E-state index contributed by atoms with van der Waals surface area (Å²) in [6, 6.07) is 11.8. The van der Waals surface area contributed by atoms with Crippen molar-refractivity contribution < 1.29 is 38.6 Å². The first-order chi connectivity index (χ1) is 22.6. The van der Waals surface area contributed by atoms with Crippen LogP contribution in [0.4, 0.5) is 20.1 Å². The molecule has 2 fully saturated rings. The molecule has 14 heteroatoms. The van der Waals surface area contributed by atoms with Crippen LogP contribution in [0.1, 0.15) is 63.0 Å². The molecule has 47 heavy (non-hydrogen) atoms. The van der Waals surface area contributed by atoms with E-state index in [0.717, 1.165) is 50.5 Å². The monoisotopic (exact) mass is 674 g/mol. The number of likely N-dealkylation sites (N-methyl/N-ethyl adjacent to an activating group) is 1. The number of non-ortho nitro benzene ring substituents is 1. The third-order valence-electron chi connectivity index (χ3n) is 8.69. The van der Waals surface area contributed by atoms with Gasteiger partial charge < -0.3 is 34.4 Å². The minimum Gasteiger partial charge on any atom is -0.465 e. The molecule has 1 saturated carbocycles. The highest BCUT2D eigenvalue weighted by atomic mass is 35.5. The fourth-order valence-electron chi connectivity index (χ4n) is 6.37. The number of carboxylic acid groups (broad SMARTS) is 1. The van der Waals surface area contributed by atoms with Gasteiger partial charge in [-0.3, -0.25) is 10.1 Å². The maximum Gasteiger partial charge on any atom is 0.513 e. The summed E-state index contributed by atoms with van der Waals surface area (Å²) in [6.45, 7) is 1.12. The zero-order chi connectivity index (χ0) is 33.8. The molecular weight excluding hydrogens is 632 g/mol. The highest BCUT2D eigenvalue weighted by Crippen LogP contribution is 2.34. The summed E-state index contributed by atoms with van der Waals surface area (Å²) in [5, 5.41) is 24.0. The molecule has 2 N–H and O–H groups in total. The topological polar surface area (TPSA) is 161 Å². The number of hydrogen-bond acceptors (Lipinski definition) is 8. The van der Waals surface area contributed by atoms with E-state index in [4.69, 9.17) is 25.8 Å². The third-order valence-corrected chi connectivity index (χ3v) is 8.93. The Morgan fingerprint density at radius 2 is 1.83 bits per heavy atom. The van der Waals surface area contributed by atoms with E-state index in [0.29, 0.717) is 24.0 Å². The van der Waals surface area contributed by atoms with Gasteiger partial charge in [-0.1, -0.05) is 55.8 Å². The van der Waals surface area contributed by atoms with Crippen LogP contribution in [0.15, 0.2) is 48.5 Å². The fourth-order valence-corrected chi connectivity index (χ4v) is 6.57. The zero-order valence-corrected chi connectivity index (χ0v) is 27.3. The molecule has 0 unspecified atom stereocenters. The Morgan fingerprint density at radius 1 is 1.09 bits per heavy atom. The summed E-state index contributed by atoms with van der Waals surface area (Å²) >= 11 is 6.32. The SMILES string of the molecule is CN(C[C@H](CC1CCCCC1)NC(=O)N1CCC[C@@H]([C@@H](OCCOC(=O)Oc2ccc([N+](=O)[O-])cc2)c2cccc(Cl)c2)C1)C(=O)O. The van der Waals surface area contributed by atoms with Crippen molar-refractivity contribution in [3.05, 3.63) is 69.2 Å². The molecule has 2 aromatic carbocycles. The van der Waals surface area contributed by atoms with Gasteiger partial charge in [0.1, 0.15) is 12.4 Å². The second-order valence-electron chi connectivity index (χ2n) is 12.2. The van der Waals surface area contributed by atoms with Gasteiger partial charge in [0.05, 0.1) is 17.6 Å². The van der Waals surface area contributed by atoms with Crippen LogP contribution in [0.5, 0.6) is 5.75 Å². The lowest BCUT2D eigenvalue weighted by molar-refractivity contribution is -0.384. The Balaban J connectivity index is 1.35. The number of nitrogens with one attached hydrogen (secondary N) is 1. The molecule has 3 amide bonds. The van der Waals surface area contributed by atoms with Crippen LogP contribution in [0.25, 0.3) is 0 Å². The van der Waals surface area contributed by atoms with Gasteiger partial charge in [0.2, 0.25) is 0 Å². The summed E-state index contributed by atoms with van der Waals surface area (Å²) in [5.74, 6) is 0.479. The average Bonchev–Trinajstić information content (AvgIpc) is 3.05. The van der Waals surface area contributed by atoms with Crippen molar-refractivity contribution in [2.45, 2.75) is 63.5 Å². The Kier molecular flexibility index (Phi) is 13.5. The molecule has 13 nitrogen and oxygen atoms in total. The van der Waals surface area contributed by atoms with Gasteiger partial charge in [-0.25, -0.2) is 14.4 Å². The smallest absolute Gasteiger partial charge is 0.465 e. The lowest BCUT2D eigenvalue weighted by Crippen LogP contribution is -2.52. The van der Waals surface area contributed by atoms with Gasteiger partial charge in [-0.2, -0.15) is 0 Å². The molecule has 0 radical (unpaired) electrons. The van der Waals surface area contributed by atoms with E-state index in [1.165, 1.54) is 42.6 Å². The van der Waals surface area contributed by atoms with Gasteiger partial charge >= 0.3 is 18.3 Å². The van der Waals surface area contributed by atoms with Gasteiger partial charge in [0, 0.05) is 55.8 Å². The number of urea groups is 1. The molecule has 4 rings (SSSR count). The number of nitro benzene ring substituents is 1. The van der Waals surface area contributed by atoms with E-state index >= 15 is 0 Å². The molecule has 2 aliphatic rings. The van der Waals surface area contributed by atoms with Crippen molar-refractivity contribution in [3.8, 4) is 5.75 Å². The number of carbonyl (C=O) groups excluding carboxylic acids is 2. The minimum atomic E-state index is -1.03. The van der Waals surface area contributed by atoms with Crippen LogP contribution in [-0.2, 0) is 9.47 Å². The van der Waals surface area contributed by atoms with Crippen LogP contribution in [0.3, 0.4) is 0 Å². The lowest BCUT2D eigenvalue weighted by Gasteiger charge is -2.38. The standard InChI is InChI=1S/C33H43ClN4O9/c1-36(32(40)41)22-27(19-23-7-3-2-4-8-23)35-31(39)37-16-6-10-25(21-37)30(24-9-5-11-26(34)20-24)45-17-18-46-33(42)47-29-14-12-28(13-15-29)38(43)44/h5,9,11-15,20,23,25,27,30H,2-4,6-8,10,16-19,21-22H2,1H3,(H,35,39)(H,40,41)/t25-,27+,30+/m1/s1. The fraction of sp³-hybridized carbons (Fsp3) is 0.545. The summed E-state index contributed by atoms with van der Waals surface area (Å²) in [6.07, 6.45) is 5.53. The molecule has 1 aliphatic carbocycles. The number of piperidine rings is 1. The van der Waals surface area contributed by atoms with Crippen molar-refractivity contribution in [1.29, 1.82) is 0 Å². The Bertz CT molecular complexity index is 1360. The normalized spacial score (nSPS) is 18.1. The molecule has 1 heterocycles. The molecule has 3 atom stereocenters. The quantitative estimate of drug-likeness (QED) is 0.0757. The van der Waals surface area contributed by atoms with Gasteiger partial charge in [0.25, 0.3) is 5.69 Å². The first kappa shape index (κ1) is 35.7. The number of amides is 3. The largest absolute Gasteiger partial charge is 0.513 e. The summed E-state index contributed by atoms with van der Waals surface area (Å²) in [4.78, 5) is 50.6. The van der Waals surface area contributed by atoms with Crippen LogP contribution < -0.4 is 10.1 Å². The number of hydrogen-bond donors (Lipinski definition) is 2. The Labute approximate surface area is 279 Å². The molecule has 1 aliphatic heterocycles. The number of benzene rings is 2. The first-order valence-corrected chi connectivity index (χ1v) is 16.4. The number of likely N-dealkylation sites (tertiary alicyclic amines) is 1. The maximum absolute atomic E-state index is 13.6. The molecule has 1 saturated heterocycles. The predicted molar refractivity (Wildman–Crippen MR) is 174 cm³/mol. The molecule has 0 aromatic heterocycles. The van der Waals surface area contributed by atoms with Crippen LogP contribution in [0.2, 0.25) is 5.02 Å². The third kappa shape index (κ3) is 11.3. The van der Waals surface area contributed by atoms with E-state index in [-0.39, 0.29) is 49.2 Å². The number of nitrogens with zero attached hydrogens (tertiary/aromatic N) is 3. The second-order valence-corrected chi connectivity index (χ2v) is 12.6. The number of nitro groups is 1. The number of rotatable bonds is 13. The van der Waals surface area contributed by atoms with Gasteiger partial charge in [-0.05, 0) is 55.0 Å². The van der Waals surface area contributed by atoms with E-state index < -0.39 is 23.3 Å². The summed E-state index contributed by atoms with van der Waals surface area (Å²) in [7, 11) is 1.52. The minimum absolute atomic E-state index is 0.0419. The molecule has 0 spiro atoms. The molecule has 256 valence electrons. The van der Waals surface area contributed by atoms with Crippen molar-refractivity contribution >= 4 is 35.6 Å². The van der Waals surface area contributed by atoms with Crippen LogP contribution >= 0.6 is 11.6 Å². The van der Waals surface area contributed by atoms with E-state index in [1.54, 1.807) is 11.0 Å². The second kappa shape index (κ2) is 17.7. The summed E-state index contributed by atoms with van der Waals surface area (Å²) in [5.41, 5.74) is 0.700. The van der Waals surface area contributed by atoms with Crippen molar-refractivity contribution in [2.24, 2.45) is 11.8 Å². The first-order valence-electron chi connectivity index (χ1n) is 16.0. The van der Waals surface area contributed by atoms with Crippen molar-refractivity contribution in [2.75, 3.05) is 39.9 Å². The molecule has 0 bridgehead atoms. The predicted octanol–water partition coefficient (Wildman–Crippen LogP) is 6.89. The molecular formula is C33H43ClN4O9. The highest BCUT2D eigenvalue weighted by molar-refractivity contribution is 6.30. The molecule has 2 aromatic rings. The highest BCUT2D eigenvalue weighted by Gasteiger charge is 2.33. The van der Waals surface area contributed by atoms with Crippen molar-refractivity contribution in [3.63, 3.8) is 0 Å². The summed E-state index contributed by atoms with van der Waals surface area (Å²) < 4.78 is 16.5. The zero-order valence-electron chi connectivity index (χ0n) is 26.6. The number of halogens is 1. The van der Waals surface area contributed by atoms with E-state index in [9.17, 15) is 29.6 Å². The van der Waals surface area contributed by atoms with E-state index in [1.807, 2.05) is 18.2 Å². The van der Waals surface area contributed by atoms with Crippen LogP contribution in [-0.4, -0.2) is 84.0 Å². The lowest BCUT2D eigenvalue weighted by atomic mass is 9.84.